The summed E-state index contributed by atoms with van der Waals surface area (Å²) in [7, 11) is 2.78. The first-order valence-electron chi connectivity index (χ1n) is 13.1. The average Bonchev–Trinajstić information content (AvgIpc) is 3.79. The van der Waals surface area contributed by atoms with Gasteiger partial charge >= 0.3 is 6.03 Å². The maximum atomic E-state index is 12.6. The van der Waals surface area contributed by atoms with Gasteiger partial charge in [-0.25, -0.2) is 4.79 Å². The molecule has 1 aliphatic rings. The van der Waals surface area contributed by atoms with Gasteiger partial charge in [-0.15, -0.1) is 45.3 Å². The van der Waals surface area contributed by atoms with Crippen LogP contribution in [0.5, 0.6) is 0 Å². The van der Waals surface area contributed by atoms with E-state index in [-0.39, 0.29) is 5.57 Å². The number of aryl methyl sites for hydroxylation is 1. The van der Waals surface area contributed by atoms with Crippen molar-refractivity contribution in [2.24, 2.45) is 0 Å². The van der Waals surface area contributed by atoms with Crippen molar-refractivity contribution >= 4 is 110 Å². The van der Waals surface area contributed by atoms with Gasteiger partial charge in [0.1, 0.15) is 5.57 Å². The van der Waals surface area contributed by atoms with E-state index in [4.69, 9.17) is 0 Å². The number of amides is 4. The van der Waals surface area contributed by atoms with Crippen molar-refractivity contribution in [1.82, 2.24) is 14.4 Å². The molecule has 2 aromatic carbocycles. The number of thiophene rings is 4. The summed E-state index contributed by atoms with van der Waals surface area (Å²) in [5, 5.41) is 4.39. The normalized spacial score (nSPS) is 14.5. The third-order valence-electron chi connectivity index (χ3n) is 7.68. The van der Waals surface area contributed by atoms with E-state index in [1.807, 2.05) is 17.4 Å². The van der Waals surface area contributed by atoms with Gasteiger partial charge in [0, 0.05) is 43.8 Å². The molecule has 42 heavy (non-hydrogen) atoms. The van der Waals surface area contributed by atoms with E-state index in [1.54, 1.807) is 28.7 Å². The quantitative estimate of drug-likeness (QED) is 0.146. The van der Waals surface area contributed by atoms with Crippen LogP contribution in [0.2, 0.25) is 0 Å². The van der Waals surface area contributed by atoms with E-state index >= 15 is 0 Å². The fraction of sp³-hybridized carbons (Fsp3) is 0.0938. The summed E-state index contributed by atoms with van der Waals surface area (Å²) in [6.45, 7) is 2.11. The smallest absolute Gasteiger partial charge is 0.307 e. The van der Waals surface area contributed by atoms with Crippen LogP contribution in [0.15, 0.2) is 71.6 Å². The maximum absolute atomic E-state index is 12.6. The molecular formula is C32H21N3O3S4. The summed E-state index contributed by atoms with van der Waals surface area (Å²) in [5.41, 5.74) is 4.90. The number of aromatic nitrogens is 1. The van der Waals surface area contributed by atoms with Crippen LogP contribution in [0.25, 0.3) is 62.1 Å². The fourth-order valence-electron chi connectivity index (χ4n) is 5.48. The fourth-order valence-corrected chi connectivity index (χ4v) is 9.87. The lowest BCUT2D eigenvalue weighted by Gasteiger charge is -2.28. The highest BCUT2D eigenvalue weighted by Gasteiger charge is 2.37. The number of imide groups is 2. The Morgan fingerprint density at radius 1 is 0.690 bits per heavy atom. The molecule has 206 valence electrons. The molecular weight excluding hydrogens is 603 g/mol. The molecule has 5 aromatic heterocycles. The number of benzene rings is 2. The first-order valence-corrected chi connectivity index (χ1v) is 16.5. The second-order valence-electron chi connectivity index (χ2n) is 10.4. The summed E-state index contributed by atoms with van der Waals surface area (Å²) in [6.07, 6.45) is 1.60. The van der Waals surface area contributed by atoms with E-state index in [1.165, 1.54) is 77.0 Å². The standard InChI is InChI=1S/C32H21N3O3S4/c1-16-4-6-19(7-5-16)35-22-8-9-39-28(22)29-23(35)15-27(42-29)26-13-18-12-24-17(11-25(18)41-26)10-20(40-24)14-21-30(36)33(2)32(38)34(3)31(21)37/h4-15H,1-3H3. The molecule has 0 radical (unpaired) electrons. The molecule has 4 amide bonds. The number of likely N-dealkylation sites (N-methyl/N-ethyl adjacent to an activating group) is 2. The molecule has 6 heterocycles. The van der Waals surface area contributed by atoms with Gasteiger partial charge < -0.3 is 4.57 Å². The largest absolute Gasteiger partial charge is 0.333 e. The Hall–Kier alpha value is -4.09. The lowest BCUT2D eigenvalue weighted by Crippen LogP contribution is -2.52. The number of rotatable bonds is 3. The van der Waals surface area contributed by atoms with Crippen LogP contribution < -0.4 is 0 Å². The number of barbiturate groups is 1. The molecule has 8 rings (SSSR count). The van der Waals surface area contributed by atoms with Crippen molar-refractivity contribution in [3.63, 3.8) is 0 Å². The molecule has 7 aromatic rings. The zero-order valence-electron chi connectivity index (χ0n) is 22.6. The zero-order chi connectivity index (χ0) is 28.9. The van der Waals surface area contributed by atoms with Crippen molar-refractivity contribution in [2.75, 3.05) is 14.1 Å². The number of carbonyl (C=O) groups is 3. The number of hydrogen-bond acceptors (Lipinski definition) is 7. The highest BCUT2D eigenvalue weighted by atomic mass is 32.1. The Bertz CT molecular complexity index is 2230. The van der Waals surface area contributed by atoms with E-state index in [0.29, 0.717) is 0 Å². The minimum atomic E-state index is -0.621. The Kier molecular flexibility index (Phi) is 5.61. The molecule has 0 saturated carbocycles. The lowest BCUT2D eigenvalue weighted by molar-refractivity contribution is -0.134. The third-order valence-corrected chi connectivity index (χ3v) is 12.2. The van der Waals surface area contributed by atoms with Crippen LogP contribution in [0, 0.1) is 6.92 Å². The zero-order valence-corrected chi connectivity index (χ0v) is 25.9. The molecule has 1 saturated heterocycles. The van der Waals surface area contributed by atoms with Crippen LogP contribution >= 0.6 is 45.3 Å². The molecule has 0 spiro atoms. The first kappa shape index (κ1) is 25.6. The monoisotopic (exact) mass is 623 g/mol. The first-order chi connectivity index (χ1) is 20.3. The molecule has 0 aliphatic carbocycles. The van der Waals surface area contributed by atoms with Crippen molar-refractivity contribution < 1.29 is 14.4 Å². The molecule has 0 atom stereocenters. The summed E-state index contributed by atoms with van der Waals surface area (Å²) < 4.78 is 7.27. The number of hydrogen-bond donors (Lipinski definition) is 0. The van der Waals surface area contributed by atoms with Crippen molar-refractivity contribution in [2.45, 2.75) is 6.92 Å². The highest BCUT2D eigenvalue weighted by molar-refractivity contribution is 7.31. The van der Waals surface area contributed by atoms with Gasteiger partial charge in [-0.1, -0.05) is 17.7 Å². The van der Waals surface area contributed by atoms with Crippen LogP contribution in [0.1, 0.15) is 10.4 Å². The topological polar surface area (TPSA) is 62.6 Å². The molecule has 0 bridgehead atoms. The van der Waals surface area contributed by atoms with Gasteiger partial charge in [0.2, 0.25) is 0 Å². The molecule has 0 unspecified atom stereocenters. The van der Waals surface area contributed by atoms with Crippen molar-refractivity contribution in [3.05, 3.63) is 82.1 Å². The predicted octanol–water partition coefficient (Wildman–Crippen LogP) is 8.75. The van der Waals surface area contributed by atoms with Gasteiger partial charge in [-0.2, -0.15) is 0 Å². The number of fused-ring (bicyclic) bond motifs is 5. The molecule has 6 nitrogen and oxygen atoms in total. The molecule has 1 fully saturated rings. The van der Waals surface area contributed by atoms with Crippen molar-refractivity contribution in [3.8, 4) is 15.4 Å². The summed E-state index contributed by atoms with van der Waals surface area (Å²) in [5.74, 6) is -1.16. The van der Waals surface area contributed by atoms with E-state index in [2.05, 4.69) is 71.5 Å². The summed E-state index contributed by atoms with van der Waals surface area (Å²) in [6, 6.07) is 21.2. The number of urea groups is 1. The van der Waals surface area contributed by atoms with Crippen LogP contribution in [0.4, 0.5) is 4.79 Å². The molecule has 1 aliphatic heterocycles. The van der Waals surface area contributed by atoms with E-state index in [0.717, 1.165) is 24.8 Å². The minimum absolute atomic E-state index is 0.00502. The average molecular weight is 624 g/mol. The second-order valence-corrected chi connectivity index (χ2v) is 14.6. The third kappa shape index (κ3) is 3.76. The van der Waals surface area contributed by atoms with Gasteiger partial charge in [0.15, 0.2) is 0 Å². The summed E-state index contributed by atoms with van der Waals surface area (Å²) >= 11 is 6.94. The Balaban J connectivity index is 1.19. The van der Waals surface area contributed by atoms with E-state index in [9.17, 15) is 14.4 Å². The van der Waals surface area contributed by atoms with Gasteiger partial charge in [0.25, 0.3) is 11.8 Å². The van der Waals surface area contributed by atoms with Gasteiger partial charge in [0.05, 0.1) is 20.4 Å². The maximum Gasteiger partial charge on any atom is 0.333 e. The van der Waals surface area contributed by atoms with Crippen molar-refractivity contribution in [1.29, 1.82) is 0 Å². The highest BCUT2D eigenvalue weighted by Crippen LogP contribution is 2.46. The minimum Gasteiger partial charge on any atom is -0.307 e. The van der Waals surface area contributed by atoms with Crippen LogP contribution in [-0.4, -0.2) is 46.3 Å². The molecule has 10 heteroatoms. The summed E-state index contributed by atoms with van der Waals surface area (Å²) in [4.78, 5) is 42.6. The lowest BCUT2D eigenvalue weighted by atomic mass is 10.1. The number of carbonyl (C=O) groups excluding carboxylic acids is 3. The second kappa shape index (κ2) is 9.20. The van der Waals surface area contributed by atoms with Crippen LogP contribution in [0.3, 0.4) is 0 Å². The SMILES string of the molecule is Cc1ccc(-n2c3ccsc3c3sc(-c4cc5cc6sc(C=C7C(=O)N(C)C(=O)N(C)C7=O)cc6cc5s4)cc32)cc1. The molecule has 0 N–H and O–H groups in total. The van der Waals surface area contributed by atoms with Gasteiger partial charge in [-0.05, 0) is 77.7 Å². The Morgan fingerprint density at radius 3 is 2.10 bits per heavy atom. The van der Waals surface area contributed by atoms with Gasteiger partial charge in [-0.3, -0.25) is 19.4 Å². The number of nitrogens with zero attached hydrogens (tertiary/aromatic N) is 3. The Labute approximate surface area is 255 Å². The predicted molar refractivity (Wildman–Crippen MR) is 176 cm³/mol. The Morgan fingerprint density at radius 2 is 1.36 bits per heavy atom. The van der Waals surface area contributed by atoms with Crippen LogP contribution in [-0.2, 0) is 9.59 Å². The van der Waals surface area contributed by atoms with E-state index < -0.39 is 17.8 Å².